The minimum absolute atomic E-state index is 0. The van der Waals surface area contributed by atoms with E-state index in [4.69, 9.17) is 4.74 Å². The van der Waals surface area contributed by atoms with Crippen LogP contribution in [-0.2, 0) is 4.74 Å². The van der Waals surface area contributed by atoms with Crippen molar-refractivity contribution in [3.8, 4) is 0 Å². The maximum atomic E-state index is 5.54. The predicted octanol–water partition coefficient (Wildman–Crippen LogP) is 3.06. The first-order chi connectivity index (χ1) is 9.84. The van der Waals surface area contributed by atoms with Crippen LogP contribution >= 0.6 is 40.7 Å². The van der Waals surface area contributed by atoms with Crippen LogP contribution in [0.15, 0.2) is 22.9 Å². The third-order valence-electron chi connectivity index (χ3n) is 4.35. The van der Waals surface area contributed by atoms with E-state index in [1.165, 1.54) is 5.56 Å². The first-order valence-corrected chi connectivity index (χ1v) is 8.28. The number of pyridine rings is 1. The summed E-state index contributed by atoms with van der Waals surface area (Å²) >= 11 is 3.43. The van der Waals surface area contributed by atoms with Gasteiger partial charge in [-0.15, -0.1) is 24.8 Å². The van der Waals surface area contributed by atoms with E-state index < -0.39 is 0 Å². The summed E-state index contributed by atoms with van der Waals surface area (Å²) in [5.41, 5.74) is 1.35. The van der Waals surface area contributed by atoms with Gasteiger partial charge >= 0.3 is 0 Å². The van der Waals surface area contributed by atoms with Crippen molar-refractivity contribution in [3.05, 3.63) is 28.5 Å². The largest absolute Gasteiger partial charge is 0.381 e. The van der Waals surface area contributed by atoms with Crippen LogP contribution in [0.2, 0.25) is 0 Å². The molecule has 0 aliphatic carbocycles. The average molecular weight is 413 g/mol. The molecule has 0 spiro atoms. The summed E-state index contributed by atoms with van der Waals surface area (Å²) < 4.78 is 6.45. The summed E-state index contributed by atoms with van der Waals surface area (Å²) in [6.45, 7) is 6.22. The summed E-state index contributed by atoms with van der Waals surface area (Å²) in [6.07, 6.45) is 4.35. The highest BCUT2D eigenvalue weighted by Gasteiger charge is 2.31. The molecule has 0 unspecified atom stereocenters. The number of piperazine rings is 1. The van der Waals surface area contributed by atoms with Crippen LogP contribution in [0.4, 0.5) is 0 Å². The molecule has 0 amide bonds. The molecule has 2 saturated heterocycles. The molecule has 2 aliphatic heterocycles. The van der Waals surface area contributed by atoms with E-state index >= 15 is 0 Å². The molecule has 0 bridgehead atoms. The van der Waals surface area contributed by atoms with Gasteiger partial charge in [0.05, 0.1) is 0 Å². The first kappa shape index (κ1) is 20.1. The standard InChI is InChI=1S/C15H22BrN3O.2ClH/c16-14-2-1-13(11-18-14)15(12-3-9-20-10-4-12)19-7-5-17-6-8-19;;/h1-2,11-12,15,17H,3-10H2;2*1H/t15-;;/m0../s1. The van der Waals surface area contributed by atoms with Crippen molar-refractivity contribution in [3.63, 3.8) is 0 Å². The Morgan fingerprint density at radius 2 is 1.86 bits per heavy atom. The highest BCUT2D eigenvalue weighted by molar-refractivity contribution is 9.10. The number of hydrogen-bond donors (Lipinski definition) is 1. The number of halogens is 3. The zero-order chi connectivity index (χ0) is 13.8. The van der Waals surface area contributed by atoms with Crippen molar-refractivity contribution in [1.82, 2.24) is 15.2 Å². The van der Waals surface area contributed by atoms with Crippen LogP contribution < -0.4 is 5.32 Å². The molecule has 7 heteroatoms. The molecular formula is C15H24BrCl2N3O. The topological polar surface area (TPSA) is 37.4 Å². The number of rotatable bonds is 3. The van der Waals surface area contributed by atoms with Gasteiger partial charge in [-0.05, 0) is 46.3 Å². The Kier molecular flexibility index (Phi) is 9.21. The fourth-order valence-electron chi connectivity index (χ4n) is 3.34. The van der Waals surface area contributed by atoms with Crippen molar-refractivity contribution in [2.24, 2.45) is 5.92 Å². The lowest BCUT2D eigenvalue weighted by molar-refractivity contribution is 0.0212. The van der Waals surface area contributed by atoms with Crippen LogP contribution in [0.3, 0.4) is 0 Å². The molecule has 2 fully saturated rings. The minimum atomic E-state index is 0. The minimum Gasteiger partial charge on any atom is -0.381 e. The normalized spacial score (nSPS) is 21.5. The van der Waals surface area contributed by atoms with Crippen LogP contribution in [-0.4, -0.2) is 49.3 Å². The molecule has 0 aromatic carbocycles. The summed E-state index contributed by atoms with van der Waals surface area (Å²) in [4.78, 5) is 7.06. The van der Waals surface area contributed by atoms with E-state index in [2.05, 4.69) is 43.3 Å². The molecular weight excluding hydrogens is 389 g/mol. The van der Waals surface area contributed by atoms with Gasteiger partial charge in [0.1, 0.15) is 4.60 Å². The van der Waals surface area contributed by atoms with Gasteiger partial charge in [0.25, 0.3) is 0 Å². The van der Waals surface area contributed by atoms with Gasteiger partial charge in [0.2, 0.25) is 0 Å². The second-order valence-electron chi connectivity index (χ2n) is 5.59. The predicted molar refractivity (Wildman–Crippen MR) is 97.2 cm³/mol. The van der Waals surface area contributed by atoms with E-state index in [1.807, 2.05) is 6.20 Å². The lowest BCUT2D eigenvalue weighted by atomic mass is 9.86. The average Bonchev–Trinajstić information content (AvgIpc) is 2.52. The molecule has 126 valence electrons. The summed E-state index contributed by atoms with van der Waals surface area (Å²) in [7, 11) is 0. The molecule has 1 atom stereocenters. The maximum Gasteiger partial charge on any atom is 0.106 e. The SMILES string of the molecule is Brc1ccc([C@H](C2CCOCC2)N2CCNCC2)cn1.Cl.Cl. The van der Waals surface area contributed by atoms with Gasteiger partial charge in [-0.1, -0.05) is 6.07 Å². The van der Waals surface area contributed by atoms with Crippen molar-refractivity contribution in [1.29, 1.82) is 0 Å². The van der Waals surface area contributed by atoms with Crippen molar-refractivity contribution in [2.75, 3.05) is 39.4 Å². The molecule has 2 aliphatic rings. The molecule has 22 heavy (non-hydrogen) atoms. The van der Waals surface area contributed by atoms with Gasteiger partial charge in [-0.25, -0.2) is 4.98 Å². The summed E-state index contributed by atoms with van der Waals surface area (Å²) in [5, 5.41) is 3.44. The first-order valence-electron chi connectivity index (χ1n) is 7.48. The third-order valence-corrected chi connectivity index (χ3v) is 4.82. The number of aromatic nitrogens is 1. The lowest BCUT2D eigenvalue weighted by Gasteiger charge is -2.41. The Labute approximate surface area is 153 Å². The fraction of sp³-hybridized carbons (Fsp3) is 0.667. The molecule has 0 saturated carbocycles. The van der Waals surface area contributed by atoms with E-state index in [-0.39, 0.29) is 24.8 Å². The van der Waals surface area contributed by atoms with Gasteiger partial charge in [0, 0.05) is 51.6 Å². The highest BCUT2D eigenvalue weighted by atomic mass is 79.9. The molecule has 1 aromatic rings. The third kappa shape index (κ3) is 5.05. The Morgan fingerprint density at radius 3 is 2.45 bits per heavy atom. The van der Waals surface area contributed by atoms with Crippen LogP contribution in [0.5, 0.6) is 0 Å². The van der Waals surface area contributed by atoms with Crippen LogP contribution in [0, 0.1) is 5.92 Å². The van der Waals surface area contributed by atoms with Crippen LogP contribution in [0.1, 0.15) is 24.4 Å². The molecule has 3 heterocycles. The Bertz CT molecular complexity index is 405. The van der Waals surface area contributed by atoms with Gasteiger partial charge in [-0.2, -0.15) is 0 Å². The van der Waals surface area contributed by atoms with Gasteiger partial charge in [0.15, 0.2) is 0 Å². The Morgan fingerprint density at radius 1 is 1.18 bits per heavy atom. The van der Waals surface area contributed by atoms with Gasteiger partial charge < -0.3 is 10.1 Å². The lowest BCUT2D eigenvalue weighted by Crippen LogP contribution is -2.47. The number of hydrogen-bond acceptors (Lipinski definition) is 4. The Hall–Kier alpha value is 0.0900. The highest BCUT2D eigenvalue weighted by Crippen LogP contribution is 2.35. The number of nitrogens with zero attached hydrogens (tertiary/aromatic N) is 2. The summed E-state index contributed by atoms with van der Waals surface area (Å²) in [6, 6.07) is 4.77. The zero-order valence-electron chi connectivity index (χ0n) is 12.5. The fourth-order valence-corrected chi connectivity index (χ4v) is 3.57. The second-order valence-corrected chi connectivity index (χ2v) is 6.41. The smallest absolute Gasteiger partial charge is 0.106 e. The van der Waals surface area contributed by atoms with E-state index in [9.17, 15) is 0 Å². The zero-order valence-corrected chi connectivity index (χ0v) is 15.8. The molecule has 3 rings (SSSR count). The van der Waals surface area contributed by atoms with Crippen molar-refractivity contribution in [2.45, 2.75) is 18.9 Å². The molecule has 4 nitrogen and oxygen atoms in total. The van der Waals surface area contributed by atoms with E-state index in [0.29, 0.717) is 12.0 Å². The molecule has 1 N–H and O–H groups in total. The Balaban J connectivity index is 0.00000121. The maximum absolute atomic E-state index is 5.54. The van der Waals surface area contributed by atoms with Crippen molar-refractivity contribution < 1.29 is 4.74 Å². The number of nitrogens with one attached hydrogen (secondary N) is 1. The number of ether oxygens (including phenoxy) is 1. The summed E-state index contributed by atoms with van der Waals surface area (Å²) in [5.74, 6) is 0.685. The van der Waals surface area contributed by atoms with Gasteiger partial charge in [-0.3, -0.25) is 4.90 Å². The molecule has 0 radical (unpaired) electrons. The molecule has 1 aromatic heterocycles. The second kappa shape index (κ2) is 10.1. The monoisotopic (exact) mass is 411 g/mol. The van der Waals surface area contributed by atoms with E-state index in [1.54, 1.807) is 0 Å². The van der Waals surface area contributed by atoms with Crippen LogP contribution in [0.25, 0.3) is 0 Å². The van der Waals surface area contributed by atoms with Crippen molar-refractivity contribution >= 4 is 40.7 Å². The quantitative estimate of drug-likeness (QED) is 0.774. The van der Waals surface area contributed by atoms with E-state index in [0.717, 1.165) is 56.8 Å².